The SMILES string of the molecule is CCOC(=O)c1ccc(CN(Cc2ccccc2C)S(=O)(=O)c2ccc(F)c(C(=O)Nc3cc(Cl)cc(Cl)c3)c2)cc1. The van der Waals surface area contributed by atoms with Gasteiger partial charge in [0, 0.05) is 28.8 Å². The smallest absolute Gasteiger partial charge is 0.338 e. The second-order valence-electron chi connectivity index (χ2n) is 9.37. The number of rotatable bonds is 10. The molecule has 0 aliphatic rings. The molecule has 0 saturated carbocycles. The van der Waals surface area contributed by atoms with Crippen molar-refractivity contribution in [1.29, 1.82) is 0 Å². The highest BCUT2D eigenvalue weighted by molar-refractivity contribution is 7.89. The molecule has 0 bridgehead atoms. The van der Waals surface area contributed by atoms with E-state index in [1.807, 2.05) is 31.2 Å². The monoisotopic (exact) mass is 628 g/mol. The van der Waals surface area contributed by atoms with Gasteiger partial charge in [-0.3, -0.25) is 4.79 Å². The first-order valence-corrected chi connectivity index (χ1v) is 15.0. The van der Waals surface area contributed by atoms with Gasteiger partial charge in [0.1, 0.15) is 5.82 Å². The standard InChI is InChI=1S/C31H27Cl2FN2O5S/c1-3-41-31(38)22-10-8-21(9-11-22)18-36(19-23-7-5-4-6-20(23)2)42(39,40)27-12-13-29(34)28(17-27)30(37)35-26-15-24(32)14-25(33)16-26/h4-17H,3,18-19H2,1-2H3,(H,35,37). The summed E-state index contributed by atoms with van der Waals surface area (Å²) in [5.41, 5.74) is 2.35. The first-order valence-electron chi connectivity index (χ1n) is 12.9. The third-order valence-corrected chi connectivity index (χ3v) is 8.60. The number of hydrogen-bond acceptors (Lipinski definition) is 5. The molecule has 11 heteroatoms. The summed E-state index contributed by atoms with van der Waals surface area (Å²) in [4.78, 5) is 24.8. The highest BCUT2D eigenvalue weighted by Crippen LogP contribution is 2.26. The first-order chi connectivity index (χ1) is 20.0. The van der Waals surface area contributed by atoms with Crippen LogP contribution in [0.25, 0.3) is 0 Å². The predicted molar refractivity (Wildman–Crippen MR) is 161 cm³/mol. The topological polar surface area (TPSA) is 92.8 Å². The quantitative estimate of drug-likeness (QED) is 0.187. The van der Waals surface area contributed by atoms with Crippen LogP contribution in [0.1, 0.15) is 44.3 Å². The van der Waals surface area contributed by atoms with E-state index in [4.69, 9.17) is 27.9 Å². The lowest BCUT2D eigenvalue weighted by Crippen LogP contribution is -2.31. The van der Waals surface area contributed by atoms with Gasteiger partial charge in [-0.15, -0.1) is 0 Å². The summed E-state index contributed by atoms with van der Waals surface area (Å²) in [6.45, 7) is 3.76. The Morgan fingerprint density at radius 1 is 0.905 bits per heavy atom. The summed E-state index contributed by atoms with van der Waals surface area (Å²) in [5.74, 6) is -2.26. The van der Waals surface area contributed by atoms with Crippen molar-refractivity contribution in [3.63, 3.8) is 0 Å². The Bertz CT molecular complexity index is 1710. The lowest BCUT2D eigenvalue weighted by atomic mass is 10.1. The molecule has 0 spiro atoms. The molecule has 0 aliphatic heterocycles. The van der Waals surface area contributed by atoms with E-state index in [1.54, 1.807) is 31.2 Å². The fourth-order valence-electron chi connectivity index (χ4n) is 4.18. The van der Waals surface area contributed by atoms with E-state index in [9.17, 15) is 22.4 Å². The Kier molecular flexibility index (Phi) is 10.0. The summed E-state index contributed by atoms with van der Waals surface area (Å²) in [7, 11) is -4.26. The van der Waals surface area contributed by atoms with Crippen LogP contribution in [0.2, 0.25) is 10.0 Å². The molecular formula is C31H27Cl2FN2O5S. The number of benzene rings is 4. The third-order valence-electron chi connectivity index (χ3n) is 6.37. The van der Waals surface area contributed by atoms with E-state index >= 15 is 0 Å². The average Bonchev–Trinajstić information content (AvgIpc) is 2.93. The summed E-state index contributed by atoms with van der Waals surface area (Å²) >= 11 is 12.0. The molecule has 0 fully saturated rings. The molecule has 0 aliphatic carbocycles. The minimum atomic E-state index is -4.26. The van der Waals surface area contributed by atoms with Crippen molar-refractivity contribution in [2.45, 2.75) is 31.8 Å². The average molecular weight is 630 g/mol. The third kappa shape index (κ3) is 7.54. The molecule has 0 aromatic heterocycles. The van der Waals surface area contributed by atoms with E-state index in [0.29, 0.717) is 11.1 Å². The number of sulfonamides is 1. The van der Waals surface area contributed by atoms with E-state index in [1.165, 1.54) is 22.5 Å². The summed E-state index contributed by atoms with van der Waals surface area (Å²) in [5, 5.41) is 3.03. The Balaban J connectivity index is 1.68. The zero-order valence-corrected chi connectivity index (χ0v) is 25.1. The number of halogens is 3. The van der Waals surface area contributed by atoms with Gasteiger partial charge in [-0.1, -0.05) is 59.6 Å². The van der Waals surface area contributed by atoms with Crippen LogP contribution in [-0.4, -0.2) is 31.2 Å². The molecule has 4 rings (SSSR count). The van der Waals surface area contributed by atoms with E-state index in [-0.39, 0.29) is 40.3 Å². The largest absolute Gasteiger partial charge is 0.462 e. The van der Waals surface area contributed by atoms with Crippen LogP contribution < -0.4 is 5.32 Å². The van der Waals surface area contributed by atoms with Gasteiger partial charge in [0.2, 0.25) is 10.0 Å². The number of amides is 1. The van der Waals surface area contributed by atoms with Crippen LogP contribution >= 0.6 is 23.2 Å². The lowest BCUT2D eigenvalue weighted by Gasteiger charge is -2.24. The zero-order chi connectivity index (χ0) is 30.4. The number of carbonyl (C=O) groups excluding carboxylic acids is 2. The maximum Gasteiger partial charge on any atom is 0.338 e. The van der Waals surface area contributed by atoms with Crippen LogP contribution in [0.15, 0.2) is 89.8 Å². The normalized spacial score (nSPS) is 11.4. The maximum atomic E-state index is 14.8. The molecule has 0 radical (unpaired) electrons. The summed E-state index contributed by atoms with van der Waals surface area (Å²) < 4.78 is 49.1. The van der Waals surface area contributed by atoms with Crippen LogP contribution in [-0.2, 0) is 27.8 Å². The number of carbonyl (C=O) groups is 2. The Hall–Kier alpha value is -3.76. The van der Waals surface area contributed by atoms with E-state index < -0.39 is 33.3 Å². The highest BCUT2D eigenvalue weighted by atomic mass is 35.5. The molecule has 7 nitrogen and oxygen atoms in total. The van der Waals surface area contributed by atoms with Crippen LogP contribution in [0.5, 0.6) is 0 Å². The summed E-state index contributed by atoms with van der Waals surface area (Å²) in [6.07, 6.45) is 0. The van der Waals surface area contributed by atoms with Crippen molar-refractivity contribution in [2.24, 2.45) is 0 Å². The van der Waals surface area contributed by atoms with Gasteiger partial charge in [0.15, 0.2) is 0 Å². The van der Waals surface area contributed by atoms with Gasteiger partial charge in [0.05, 0.1) is 22.6 Å². The van der Waals surface area contributed by atoms with Gasteiger partial charge in [-0.2, -0.15) is 4.31 Å². The summed E-state index contributed by atoms with van der Waals surface area (Å²) in [6, 6.07) is 21.2. The Morgan fingerprint density at radius 2 is 1.57 bits per heavy atom. The molecule has 0 saturated heterocycles. The minimum Gasteiger partial charge on any atom is -0.462 e. The predicted octanol–water partition coefficient (Wildman–Crippen LogP) is 7.26. The fourth-order valence-corrected chi connectivity index (χ4v) is 6.14. The van der Waals surface area contributed by atoms with Crippen molar-refractivity contribution < 1.29 is 27.1 Å². The molecule has 1 N–H and O–H groups in total. The molecule has 4 aromatic rings. The minimum absolute atomic E-state index is 0.00849. The second-order valence-corrected chi connectivity index (χ2v) is 12.2. The first kappa shape index (κ1) is 31.2. The maximum absolute atomic E-state index is 14.8. The zero-order valence-electron chi connectivity index (χ0n) is 22.7. The van der Waals surface area contributed by atoms with E-state index in [2.05, 4.69) is 5.32 Å². The molecule has 4 aromatic carbocycles. The number of esters is 1. The van der Waals surface area contributed by atoms with Crippen LogP contribution in [0.4, 0.5) is 10.1 Å². The molecule has 218 valence electrons. The Labute approximate surface area is 253 Å². The van der Waals surface area contributed by atoms with Crippen molar-refractivity contribution in [3.8, 4) is 0 Å². The van der Waals surface area contributed by atoms with Gasteiger partial charge >= 0.3 is 5.97 Å². The van der Waals surface area contributed by atoms with Crippen LogP contribution in [0, 0.1) is 12.7 Å². The molecular weight excluding hydrogens is 602 g/mol. The van der Waals surface area contributed by atoms with Crippen molar-refractivity contribution in [2.75, 3.05) is 11.9 Å². The molecule has 0 atom stereocenters. The number of nitrogens with zero attached hydrogens (tertiary/aromatic N) is 1. The molecule has 0 unspecified atom stereocenters. The lowest BCUT2D eigenvalue weighted by molar-refractivity contribution is 0.0526. The highest BCUT2D eigenvalue weighted by Gasteiger charge is 2.28. The van der Waals surface area contributed by atoms with Crippen molar-refractivity contribution in [1.82, 2.24) is 4.31 Å². The van der Waals surface area contributed by atoms with E-state index in [0.717, 1.165) is 29.3 Å². The fraction of sp³-hybridized carbons (Fsp3) is 0.161. The number of nitrogens with one attached hydrogen (secondary N) is 1. The van der Waals surface area contributed by atoms with Crippen molar-refractivity contribution >= 4 is 50.8 Å². The second kappa shape index (κ2) is 13.5. The molecule has 0 heterocycles. The van der Waals surface area contributed by atoms with Gasteiger partial charge in [-0.05, 0) is 79.1 Å². The number of anilines is 1. The molecule has 42 heavy (non-hydrogen) atoms. The van der Waals surface area contributed by atoms with Crippen molar-refractivity contribution in [3.05, 3.63) is 129 Å². The van der Waals surface area contributed by atoms with Gasteiger partial charge in [0.25, 0.3) is 5.91 Å². The molecule has 1 amide bonds. The van der Waals surface area contributed by atoms with Gasteiger partial charge in [-0.25, -0.2) is 17.6 Å². The number of ether oxygens (including phenoxy) is 1. The number of hydrogen-bond donors (Lipinski definition) is 1. The van der Waals surface area contributed by atoms with Gasteiger partial charge < -0.3 is 10.1 Å². The Morgan fingerprint density at radius 3 is 2.21 bits per heavy atom. The van der Waals surface area contributed by atoms with Crippen LogP contribution in [0.3, 0.4) is 0 Å². The number of aryl methyl sites for hydroxylation is 1.